The average Bonchev–Trinajstić information content (AvgIpc) is 3.26. The fourth-order valence-corrected chi connectivity index (χ4v) is 6.35. The maximum Gasteiger partial charge on any atom is 0.309 e. The first kappa shape index (κ1) is 57.3. The SMILES string of the molecule is CC/C=C\C/C=C\C/C=C\C/C=C\C/C=C\CC(=O)OCC(COC(=O)CCCCCCC/C=C\CCCCCCC)OC(=O)CCCCCCC/C=C\C/C=C\CCCC. The molecule has 0 aliphatic rings. The minimum atomic E-state index is -0.827. The minimum absolute atomic E-state index is 0.119. The standard InChI is InChI=1S/C55H90O6/c1-4-7-10-13-16-19-22-25-28-31-33-36-39-42-45-48-54(57)60-51-52(61-55(58)49-46-43-40-37-34-30-27-24-21-18-15-12-9-6-3)50-59-53(56)47-44-41-38-35-32-29-26-23-20-17-14-11-8-5-2/h7,10,15-16,18-19,23-28,33,36,42,45,52H,4-6,8-9,11-14,17,20-22,29-32,34-35,37-41,43-44,46-51H2,1-3H3/b10-7-,18-15-,19-16-,26-23-,27-24-,28-25-,36-33-,45-42-. The molecule has 6 heteroatoms. The molecule has 61 heavy (non-hydrogen) atoms. The molecule has 0 heterocycles. The van der Waals surface area contributed by atoms with Crippen molar-refractivity contribution < 1.29 is 28.6 Å². The van der Waals surface area contributed by atoms with E-state index in [4.69, 9.17) is 14.2 Å². The number of carbonyl (C=O) groups is 3. The largest absolute Gasteiger partial charge is 0.462 e. The van der Waals surface area contributed by atoms with Crippen molar-refractivity contribution >= 4 is 17.9 Å². The number of rotatable bonds is 43. The van der Waals surface area contributed by atoms with Gasteiger partial charge in [0.25, 0.3) is 0 Å². The lowest BCUT2D eigenvalue weighted by Gasteiger charge is -2.18. The third-order valence-corrected chi connectivity index (χ3v) is 10.1. The molecule has 0 rings (SSSR count). The predicted molar refractivity (Wildman–Crippen MR) is 260 cm³/mol. The summed E-state index contributed by atoms with van der Waals surface area (Å²) in [7, 11) is 0. The van der Waals surface area contributed by atoms with Crippen LogP contribution in [0.25, 0.3) is 0 Å². The summed E-state index contributed by atoms with van der Waals surface area (Å²) in [5.41, 5.74) is 0. The van der Waals surface area contributed by atoms with E-state index in [0.717, 1.165) is 109 Å². The third-order valence-electron chi connectivity index (χ3n) is 10.1. The fourth-order valence-electron chi connectivity index (χ4n) is 6.35. The second kappa shape index (κ2) is 49.0. The molecule has 0 N–H and O–H groups in total. The quantitative estimate of drug-likeness (QED) is 0.0263. The molecule has 6 nitrogen and oxygen atoms in total. The summed E-state index contributed by atoms with van der Waals surface area (Å²) in [6.45, 7) is 6.35. The van der Waals surface area contributed by atoms with Crippen LogP contribution >= 0.6 is 0 Å². The number of hydrogen-bond acceptors (Lipinski definition) is 6. The third kappa shape index (κ3) is 47.2. The van der Waals surface area contributed by atoms with Crippen LogP contribution < -0.4 is 0 Å². The molecule has 0 radical (unpaired) electrons. The van der Waals surface area contributed by atoms with Crippen molar-refractivity contribution in [2.75, 3.05) is 13.2 Å². The smallest absolute Gasteiger partial charge is 0.309 e. The normalized spacial score (nSPS) is 12.9. The van der Waals surface area contributed by atoms with Crippen LogP contribution in [0.3, 0.4) is 0 Å². The van der Waals surface area contributed by atoms with E-state index in [1.54, 1.807) is 6.08 Å². The van der Waals surface area contributed by atoms with Gasteiger partial charge in [0.1, 0.15) is 13.2 Å². The number of unbranched alkanes of at least 4 members (excludes halogenated alkanes) is 17. The number of carbonyl (C=O) groups excluding carboxylic acids is 3. The van der Waals surface area contributed by atoms with Gasteiger partial charge in [0.05, 0.1) is 6.42 Å². The monoisotopic (exact) mass is 847 g/mol. The summed E-state index contributed by atoms with van der Waals surface area (Å²) in [6.07, 6.45) is 64.1. The maximum absolute atomic E-state index is 12.8. The molecule has 1 atom stereocenters. The summed E-state index contributed by atoms with van der Waals surface area (Å²) in [5.74, 6) is -1.08. The Kier molecular flexibility index (Phi) is 46.0. The van der Waals surface area contributed by atoms with E-state index >= 15 is 0 Å². The summed E-state index contributed by atoms with van der Waals surface area (Å²) < 4.78 is 16.6. The van der Waals surface area contributed by atoms with Crippen LogP contribution in [-0.4, -0.2) is 37.2 Å². The Bertz CT molecular complexity index is 1250. The lowest BCUT2D eigenvalue weighted by molar-refractivity contribution is -0.166. The Morgan fingerprint density at radius 3 is 1.21 bits per heavy atom. The molecule has 0 amide bonds. The lowest BCUT2D eigenvalue weighted by Crippen LogP contribution is -2.30. The molecule has 0 fully saturated rings. The molecule has 346 valence electrons. The molecule has 0 saturated carbocycles. The summed E-state index contributed by atoms with van der Waals surface area (Å²) in [4.78, 5) is 37.8. The maximum atomic E-state index is 12.8. The van der Waals surface area contributed by atoms with Gasteiger partial charge in [0, 0.05) is 12.8 Å². The highest BCUT2D eigenvalue weighted by Crippen LogP contribution is 2.12. The van der Waals surface area contributed by atoms with E-state index in [0.29, 0.717) is 6.42 Å². The van der Waals surface area contributed by atoms with Crippen LogP contribution in [0.4, 0.5) is 0 Å². The Labute approximate surface area is 375 Å². The van der Waals surface area contributed by atoms with Crippen LogP contribution in [0.1, 0.15) is 213 Å². The minimum Gasteiger partial charge on any atom is -0.462 e. The van der Waals surface area contributed by atoms with Crippen LogP contribution in [0.2, 0.25) is 0 Å². The molecular formula is C55H90O6. The summed E-state index contributed by atoms with van der Waals surface area (Å²) in [6, 6.07) is 0. The topological polar surface area (TPSA) is 78.9 Å². The molecule has 0 saturated heterocycles. The van der Waals surface area contributed by atoms with E-state index in [9.17, 15) is 14.4 Å². The predicted octanol–water partition coefficient (Wildman–Crippen LogP) is 16.2. The zero-order valence-corrected chi connectivity index (χ0v) is 39.4. The number of ether oxygens (including phenoxy) is 3. The first-order valence-electron chi connectivity index (χ1n) is 24.7. The number of allylic oxidation sites excluding steroid dienone is 15. The molecule has 0 bridgehead atoms. The van der Waals surface area contributed by atoms with Gasteiger partial charge in [0.15, 0.2) is 6.10 Å². The van der Waals surface area contributed by atoms with Gasteiger partial charge in [-0.3, -0.25) is 14.4 Å². The second-order valence-electron chi connectivity index (χ2n) is 16.0. The molecule has 0 aliphatic heterocycles. The molecular weight excluding hydrogens is 757 g/mol. The zero-order valence-electron chi connectivity index (χ0n) is 39.4. The molecule has 0 aromatic heterocycles. The highest BCUT2D eigenvalue weighted by molar-refractivity contribution is 5.72. The fraction of sp³-hybridized carbons (Fsp3) is 0.655. The molecule has 0 aromatic rings. The van der Waals surface area contributed by atoms with Crippen LogP contribution in [0.15, 0.2) is 97.2 Å². The van der Waals surface area contributed by atoms with Gasteiger partial charge in [-0.2, -0.15) is 0 Å². The van der Waals surface area contributed by atoms with Crippen molar-refractivity contribution in [3.8, 4) is 0 Å². The molecule has 0 aliphatic carbocycles. The Morgan fingerprint density at radius 1 is 0.361 bits per heavy atom. The van der Waals surface area contributed by atoms with Crippen molar-refractivity contribution in [2.24, 2.45) is 0 Å². The van der Waals surface area contributed by atoms with Gasteiger partial charge in [0.2, 0.25) is 0 Å². The van der Waals surface area contributed by atoms with E-state index in [1.165, 1.54) is 64.2 Å². The van der Waals surface area contributed by atoms with Crippen molar-refractivity contribution in [3.63, 3.8) is 0 Å². The average molecular weight is 847 g/mol. The van der Waals surface area contributed by atoms with Crippen molar-refractivity contribution in [1.82, 2.24) is 0 Å². The van der Waals surface area contributed by atoms with Crippen LogP contribution in [0, 0.1) is 0 Å². The molecule has 1 unspecified atom stereocenters. The Hall–Kier alpha value is -3.67. The van der Waals surface area contributed by atoms with Crippen LogP contribution in [-0.2, 0) is 28.6 Å². The first-order valence-corrected chi connectivity index (χ1v) is 24.7. The van der Waals surface area contributed by atoms with Gasteiger partial charge in [-0.25, -0.2) is 0 Å². The summed E-state index contributed by atoms with van der Waals surface area (Å²) >= 11 is 0. The van der Waals surface area contributed by atoms with Gasteiger partial charge in [-0.05, 0) is 96.3 Å². The van der Waals surface area contributed by atoms with Gasteiger partial charge < -0.3 is 14.2 Å². The lowest BCUT2D eigenvalue weighted by atomic mass is 10.1. The van der Waals surface area contributed by atoms with Crippen molar-refractivity contribution in [1.29, 1.82) is 0 Å². The van der Waals surface area contributed by atoms with E-state index in [2.05, 4.69) is 106 Å². The van der Waals surface area contributed by atoms with E-state index < -0.39 is 12.1 Å². The van der Waals surface area contributed by atoms with Crippen molar-refractivity contribution in [3.05, 3.63) is 97.2 Å². The molecule has 0 spiro atoms. The molecule has 0 aromatic carbocycles. The highest BCUT2D eigenvalue weighted by atomic mass is 16.6. The first-order chi connectivity index (χ1) is 30.0. The van der Waals surface area contributed by atoms with E-state index in [1.807, 2.05) is 6.08 Å². The Morgan fingerprint density at radius 2 is 0.721 bits per heavy atom. The second-order valence-corrected chi connectivity index (χ2v) is 16.0. The number of esters is 3. The van der Waals surface area contributed by atoms with Gasteiger partial charge >= 0.3 is 17.9 Å². The van der Waals surface area contributed by atoms with Crippen molar-refractivity contribution in [2.45, 2.75) is 219 Å². The summed E-state index contributed by atoms with van der Waals surface area (Å²) in [5, 5.41) is 0. The number of hydrogen-bond donors (Lipinski definition) is 0. The van der Waals surface area contributed by atoms with Gasteiger partial charge in [-0.1, -0.05) is 195 Å². The van der Waals surface area contributed by atoms with E-state index in [-0.39, 0.29) is 38.0 Å². The zero-order chi connectivity index (χ0) is 44.4. The highest BCUT2D eigenvalue weighted by Gasteiger charge is 2.19. The van der Waals surface area contributed by atoms with Crippen LogP contribution in [0.5, 0.6) is 0 Å². The van der Waals surface area contributed by atoms with Gasteiger partial charge in [-0.15, -0.1) is 0 Å². The Balaban J connectivity index is 4.56.